The van der Waals surface area contributed by atoms with Crippen molar-refractivity contribution < 1.29 is 19.1 Å². The molecule has 1 aromatic heterocycles. The van der Waals surface area contributed by atoms with Gasteiger partial charge in [0.25, 0.3) is 0 Å². The predicted molar refractivity (Wildman–Crippen MR) is 174 cm³/mol. The molecule has 0 saturated heterocycles. The van der Waals surface area contributed by atoms with Crippen LogP contribution in [0.1, 0.15) is 126 Å². The SMILES string of the molecule is CC(=O)OC[C@]12CCC3(C(C)C)C1=C1C(CC4[C@@]5(C)CC[C@H](OC(C)=O)C(C)(C)C5CC[C@@]4(C)[C@]1(C)CC2)n1c(=O)n(C)c(=O)n13. The van der Waals surface area contributed by atoms with Gasteiger partial charge in [-0.3, -0.25) is 9.59 Å². The van der Waals surface area contributed by atoms with Gasteiger partial charge in [-0.1, -0.05) is 48.5 Å². The quantitative estimate of drug-likeness (QED) is 0.302. The Kier molecular flexibility index (Phi) is 6.62. The van der Waals surface area contributed by atoms with Crippen LogP contribution < -0.4 is 11.4 Å². The summed E-state index contributed by atoms with van der Waals surface area (Å²) in [5.74, 6) is 0.252. The van der Waals surface area contributed by atoms with Crippen LogP contribution in [0.3, 0.4) is 0 Å². The third-order valence-corrected chi connectivity index (χ3v) is 15.6. The third kappa shape index (κ3) is 3.53. The standard InChI is InChI=1S/C37H55N3O6/c1-21(2)37-18-17-36(20-45-22(3)41)16-15-35(9)28(29(36)37)24(39-30(43)38(10)31(44)40(37)39)19-26-33(7)13-12-27(46-23(4)42)32(5,6)25(33)11-14-34(26,35)8/h21,24-27H,11-20H2,1-10H3/t24?,25?,26?,27-,33-,34+,35+,36-,37?/m0/s1. The Hall–Kier alpha value is -2.58. The number of carbonyl (C=O) groups excluding carboxylic acids is 2. The Bertz CT molecular complexity index is 1680. The van der Waals surface area contributed by atoms with Gasteiger partial charge in [0.2, 0.25) is 0 Å². The first-order valence-corrected chi connectivity index (χ1v) is 17.8. The summed E-state index contributed by atoms with van der Waals surface area (Å²) >= 11 is 0. The highest BCUT2D eigenvalue weighted by molar-refractivity contribution is 5.66. The lowest BCUT2D eigenvalue weighted by Gasteiger charge is -2.72. The second-order valence-corrected chi connectivity index (χ2v) is 17.8. The van der Waals surface area contributed by atoms with E-state index in [4.69, 9.17) is 9.47 Å². The van der Waals surface area contributed by atoms with Crippen molar-refractivity contribution in [3.05, 3.63) is 32.1 Å². The van der Waals surface area contributed by atoms with Crippen molar-refractivity contribution in [3.63, 3.8) is 0 Å². The first-order chi connectivity index (χ1) is 21.3. The van der Waals surface area contributed by atoms with Crippen molar-refractivity contribution in [1.29, 1.82) is 0 Å². The fraction of sp³-hybridized carbons (Fsp3) is 0.838. The number of hydrogen-bond donors (Lipinski definition) is 0. The number of aromatic nitrogens is 3. The van der Waals surface area contributed by atoms with Gasteiger partial charge < -0.3 is 9.47 Å². The van der Waals surface area contributed by atoms with Gasteiger partial charge >= 0.3 is 23.3 Å². The Morgan fingerprint density at radius 2 is 1.54 bits per heavy atom. The molecule has 0 N–H and O–H groups in total. The predicted octanol–water partition coefficient (Wildman–Crippen LogP) is 5.89. The van der Waals surface area contributed by atoms with Gasteiger partial charge in [0, 0.05) is 31.7 Å². The molecule has 254 valence electrons. The second-order valence-electron chi connectivity index (χ2n) is 17.8. The molecule has 9 atom stereocenters. The molecule has 0 spiro atoms. The highest BCUT2D eigenvalue weighted by Gasteiger charge is 2.73. The van der Waals surface area contributed by atoms with Gasteiger partial charge in [0.1, 0.15) is 12.7 Å². The maximum absolute atomic E-state index is 14.3. The number of ether oxygens (including phenoxy) is 2. The van der Waals surface area contributed by atoms with Crippen molar-refractivity contribution in [2.75, 3.05) is 6.61 Å². The summed E-state index contributed by atoms with van der Waals surface area (Å²) in [5.41, 5.74) is 0.812. The molecule has 2 heterocycles. The Balaban J connectivity index is 1.48. The molecular formula is C37H55N3O6. The topological polar surface area (TPSA) is 102 Å². The molecule has 4 fully saturated rings. The van der Waals surface area contributed by atoms with E-state index in [2.05, 4.69) is 48.5 Å². The number of carbonyl (C=O) groups is 2. The summed E-state index contributed by atoms with van der Waals surface area (Å²) in [5, 5.41) is 0. The zero-order chi connectivity index (χ0) is 33.6. The van der Waals surface area contributed by atoms with E-state index in [0.29, 0.717) is 18.4 Å². The van der Waals surface area contributed by atoms with Crippen LogP contribution in [0.4, 0.5) is 0 Å². The molecule has 0 bridgehead atoms. The van der Waals surface area contributed by atoms with Crippen LogP contribution in [0.5, 0.6) is 0 Å². The van der Waals surface area contributed by atoms with E-state index in [0.717, 1.165) is 57.8 Å². The van der Waals surface area contributed by atoms with Crippen molar-refractivity contribution in [3.8, 4) is 0 Å². The summed E-state index contributed by atoms with van der Waals surface area (Å²) in [4.78, 5) is 52.9. The van der Waals surface area contributed by atoms with E-state index in [1.165, 1.54) is 29.6 Å². The maximum Gasteiger partial charge on any atom is 0.347 e. The van der Waals surface area contributed by atoms with E-state index >= 15 is 0 Å². The molecular weight excluding hydrogens is 582 g/mol. The maximum atomic E-state index is 14.3. The van der Waals surface area contributed by atoms with E-state index in [1.807, 2.05) is 9.36 Å². The van der Waals surface area contributed by atoms with E-state index in [-0.39, 0.29) is 68.5 Å². The Labute approximate surface area is 273 Å². The van der Waals surface area contributed by atoms with Crippen LogP contribution in [-0.2, 0) is 31.6 Å². The van der Waals surface area contributed by atoms with Crippen LogP contribution in [0.2, 0.25) is 0 Å². The molecule has 0 aromatic carbocycles. The summed E-state index contributed by atoms with van der Waals surface area (Å²) in [6, 6.07) is -0.230. The third-order valence-electron chi connectivity index (χ3n) is 15.6. The fourth-order valence-electron chi connectivity index (χ4n) is 13.3. The van der Waals surface area contributed by atoms with Crippen LogP contribution in [0.15, 0.2) is 20.7 Å². The molecule has 46 heavy (non-hydrogen) atoms. The first kappa shape index (κ1) is 32.0. The van der Waals surface area contributed by atoms with Gasteiger partial charge in [0.05, 0.1) is 11.6 Å². The Morgan fingerprint density at radius 1 is 0.870 bits per heavy atom. The minimum absolute atomic E-state index is 0.0234. The number of fused-ring (bicyclic) bond motifs is 7. The van der Waals surface area contributed by atoms with E-state index < -0.39 is 5.54 Å². The number of allylic oxidation sites excluding steroid dienone is 1. The van der Waals surface area contributed by atoms with Crippen LogP contribution in [0.25, 0.3) is 0 Å². The lowest BCUT2D eigenvalue weighted by Crippen LogP contribution is -2.67. The number of hydrogen-bond acceptors (Lipinski definition) is 6. The summed E-state index contributed by atoms with van der Waals surface area (Å²) in [6.45, 7) is 19.8. The second kappa shape index (κ2) is 9.52. The lowest BCUT2D eigenvalue weighted by molar-refractivity contribution is -0.218. The van der Waals surface area contributed by atoms with Crippen LogP contribution in [0, 0.1) is 44.8 Å². The first-order valence-electron chi connectivity index (χ1n) is 17.8. The van der Waals surface area contributed by atoms with E-state index in [9.17, 15) is 19.2 Å². The minimum Gasteiger partial charge on any atom is -0.465 e. The van der Waals surface area contributed by atoms with Gasteiger partial charge in [-0.05, 0) is 103 Å². The van der Waals surface area contributed by atoms with Crippen LogP contribution >= 0.6 is 0 Å². The normalized spacial score (nSPS) is 43.4. The molecule has 0 amide bonds. The van der Waals surface area contributed by atoms with Crippen molar-refractivity contribution in [2.45, 2.75) is 138 Å². The van der Waals surface area contributed by atoms with Crippen molar-refractivity contribution in [2.24, 2.45) is 51.9 Å². The monoisotopic (exact) mass is 637 g/mol. The lowest BCUT2D eigenvalue weighted by atomic mass is 9.33. The van der Waals surface area contributed by atoms with Gasteiger partial charge in [-0.2, -0.15) is 0 Å². The molecule has 9 nitrogen and oxygen atoms in total. The highest BCUT2D eigenvalue weighted by atomic mass is 16.5. The fourth-order valence-corrected chi connectivity index (χ4v) is 13.3. The number of nitrogens with zero attached hydrogens (tertiary/aromatic N) is 3. The summed E-state index contributed by atoms with van der Waals surface area (Å²) < 4.78 is 16.9. The van der Waals surface area contributed by atoms with Gasteiger partial charge in [-0.15, -0.1) is 0 Å². The van der Waals surface area contributed by atoms with Gasteiger partial charge in [-0.25, -0.2) is 23.5 Å². The Morgan fingerprint density at radius 3 is 2.17 bits per heavy atom. The van der Waals surface area contributed by atoms with E-state index in [1.54, 1.807) is 7.05 Å². The minimum atomic E-state index is -0.639. The molecule has 7 rings (SSSR count). The summed E-state index contributed by atoms with van der Waals surface area (Å²) in [7, 11) is 1.62. The van der Waals surface area contributed by atoms with Crippen molar-refractivity contribution >= 4 is 11.9 Å². The molecule has 0 radical (unpaired) electrons. The zero-order valence-electron chi connectivity index (χ0n) is 29.7. The molecule has 6 aliphatic rings. The number of rotatable bonds is 4. The zero-order valence-corrected chi connectivity index (χ0v) is 29.7. The largest absolute Gasteiger partial charge is 0.465 e. The van der Waals surface area contributed by atoms with Crippen LogP contribution in [-0.4, -0.2) is 38.6 Å². The van der Waals surface area contributed by atoms with Crippen molar-refractivity contribution in [1.82, 2.24) is 13.9 Å². The molecule has 5 aliphatic carbocycles. The number of esters is 2. The summed E-state index contributed by atoms with van der Waals surface area (Å²) in [6.07, 6.45) is 8.09. The average molecular weight is 638 g/mol. The molecule has 4 unspecified atom stereocenters. The smallest absolute Gasteiger partial charge is 0.347 e. The average Bonchev–Trinajstić information content (AvgIpc) is 3.43. The molecule has 4 saturated carbocycles. The highest BCUT2D eigenvalue weighted by Crippen LogP contribution is 2.79. The molecule has 9 heteroatoms. The molecule has 1 aliphatic heterocycles. The molecule has 1 aromatic rings. The van der Waals surface area contributed by atoms with Gasteiger partial charge in [0.15, 0.2) is 0 Å².